The normalized spacial score (nSPS) is 12.2. The molecule has 0 heterocycles. The fourth-order valence-corrected chi connectivity index (χ4v) is 2.52. The number of carbonyl (C=O) groups is 1. The molecule has 2 aromatic carbocycles. The molecule has 0 saturated carbocycles. The summed E-state index contributed by atoms with van der Waals surface area (Å²) in [6, 6.07) is 14.9. The Bertz CT molecular complexity index is 778. The Hall–Kier alpha value is -2.73. The first-order chi connectivity index (χ1) is 13.0. The number of hydrogen-bond donors (Lipinski definition) is 3. The third-order valence-corrected chi connectivity index (χ3v) is 3.89. The van der Waals surface area contributed by atoms with Gasteiger partial charge in [0.25, 0.3) is 0 Å². The second-order valence-electron chi connectivity index (χ2n) is 6.07. The molecule has 0 fully saturated rings. The fraction of sp³-hybridized carbons (Fsp3) is 0.300. The van der Waals surface area contributed by atoms with Gasteiger partial charge in [0.1, 0.15) is 11.9 Å². The number of halogens is 1. The molecule has 0 aliphatic carbocycles. The number of nitrogens with zero attached hydrogens (tertiary/aromatic N) is 1. The van der Waals surface area contributed by atoms with E-state index in [1.165, 1.54) is 6.92 Å². The maximum absolute atomic E-state index is 11.2. The Morgan fingerprint density at radius 2 is 1.93 bits per heavy atom. The first kappa shape index (κ1) is 20.6. The van der Waals surface area contributed by atoms with Gasteiger partial charge in [-0.1, -0.05) is 23.7 Å². The van der Waals surface area contributed by atoms with E-state index < -0.39 is 0 Å². The van der Waals surface area contributed by atoms with E-state index in [0.29, 0.717) is 24.1 Å². The molecule has 27 heavy (non-hydrogen) atoms. The number of guanidine groups is 1. The molecule has 0 spiro atoms. The summed E-state index contributed by atoms with van der Waals surface area (Å²) in [5.74, 6) is 1.35. The zero-order valence-corrected chi connectivity index (χ0v) is 16.5. The van der Waals surface area contributed by atoms with Gasteiger partial charge in [-0.05, 0) is 48.9 Å². The van der Waals surface area contributed by atoms with Gasteiger partial charge in [-0.15, -0.1) is 0 Å². The van der Waals surface area contributed by atoms with E-state index in [0.717, 1.165) is 17.0 Å². The van der Waals surface area contributed by atoms with E-state index in [9.17, 15) is 4.79 Å². The van der Waals surface area contributed by atoms with Gasteiger partial charge in [-0.2, -0.15) is 0 Å². The summed E-state index contributed by atoms with van der Waals surface area (Å²) in [7, 11) is 1.72. The van der Waals surface area contributed by atoms with Crippen LogP contribution in [0.25, 0.3) is 0 Å². The van der Waals surface area contributed by atoms with Crippen LogP contribution in [-0.2, 0) is 11.3 Å². The molecule has 0 aromatic heterocycles. The molecule has 1 atom stereocenters. The van der Waals surface area contributed by atoms with Crippen LogP contribution in [0.3, 0.4) is 0 Å². The highest BCUT2D eigenvalue weighted by Crippen LogP contribution is 2.16. The van der Waals surface area contributed by atoms with Gasteiger partial charge >= 0.3 is 0 Å². The van der Waals surface area contributed by atoms with Crippen molar-refractivity contribution in [3.63, 3.8) is 0 Å². The topological polar surface area (TPSA) is 74.8 Å². The smallest absolute Gasteiger partial charge is 0.221 e. The van der Waals surface area contributed by atoms with Crippen molar-refractivity contribution < 1.29 is 9.53 Å². The van der Waals surface area contributed by atoms with Gasteiger partial charge in [0.05, 0.1) is 6.54 Å². The number of ether oxygens (including phenoxy) is 1. The van der Waals surface area contributed by atoms with Gasteiger partial charge in [0, 0.05) is 31.2 Å². The maximum atomic E-state index is 11.2. The summed E-state index contributed by atoms with van der Waals surface area (Å²) < 4.78 is 5.84. The Balaban J connectivity index is 1.80. The molecule has 1 amide bonds. The lowest BCUT2D eigenvalue weighted by atomic mass is 10.2. The summed E-state index contributed by atoms with van der Waals surface area (Å²) in [6.45, 7) is 4.64. The van der Waals surface area contributed by atoms with E-state index in [2.05, 4.69) is 20.9 Å². The largest absolute Gasteiger partial charge is 0.489 e. The van der Waals surface area contributed by atoms with Gasteiger partial charge in [0.2, 0.25) is 5.91 Å². The van der Waals surface area contributed by atoms with Crippen LogP contribution in [-0.4, -0.2) is 31.6 Å². The van der Waals surface area contributed by atoms with E-state index >= 15 is 0 Å². The number of hydrogen-bond acceptors (Lipinski definition) is 3. The quantitative estimate of drug-likeness (QED) is 0.501. The Morgan fingerprint density at radius 3 is 2.59 bits per heavy atom. The molecular formula is C20H25ClN4O2. The minimum absolute atomic E-state index is 0.0483. The van der Waals surface area contributed by atoms with Gasteiger partial charge in [-0.25, -0.2) is 0 Å². The van der Waals surface area contributed by atoms with Crippen LogP contribution in [0.2, 0.25) is 5.02 Å². The summed E-state index contributed by atoms with van der Waals surface area (Å²) in [6.07, 6.45) is -0.0483. The second-order valence-corrected chi connectivity index (χ2v) is 6.51. The zero-order valence-electron chi connectivity index (χ0n) is 15.8. The highest BCUT2D eigenvalue weighted by molar-refractivity contribution is 6.30. The number of anilines is 1. The lowest BCUT2D eigenvalue weighted by Crippen LogP contribution is -2.41. The number of benzene rings is 2. The molecule has 0 aliphatic rings. The molecule has 0 bridgehead atoms. The van der Waals surface area contributed by atoms with Crippen LogP contribution in [0.5, 0.6) is 5.75 Å². The van der Waals surface area contributed by atoms with Crippen LogP contribution in [0.1, 0.15) is 19.4 Å². The molecule has 3 N–H and O–H groups in total. The van der Waals surface area contributed by atoms with Crippen LogP contribution >= 0.6 is 11.6 Å². The van der Waals surface area contributed by atoms with Crippen LogP contribution in [0, 0.1) is 0 Å². The van der Waals surface area contributed by atoms with E-state index in [1.54, 1.807) is 19.2 Å². The number of aliphatic imine (C=N–C) groups is 1. The monoisotopic (exact) mass is 388 g/mol. The standard InChI is InChI=1S/C20H25ClN4O2/c1-14(27-19-9-7-17(21)8-10-19)12-23-20(22-3)24-13-16-5-4-6-18(11-16)25-15(2)26/h4-11,14H,12-13H2,1-3H3,(H,25,26)(H2,22,23,24). The SMILES string of the molecule is CN=C(NCc1cccc(NC(C)=O)c1)NCC(C)Oc1ccc(Cl)cc1. The average molecular weight is 389 g/mol. The van der Waals surface area contributed by atoms with Crippen LogP contribution in [0.15, 0.2) is 53.5 Å². The Kier molecular flexibility index (Phi) is 7.95. The lowest BCUT2D eigenvalue weighted by molar-refractivity contribution is -0.114. The zero-order chi connectivity index (χ0) is 19.6. The molecule has 6 nitrogen and oxygen atoms in total. The molecule has 0 saturated heterocycles. The number of amides is 1. The Labute approximate surface area is 165 Å². The van der Waals surface area contributed by atoms with Crippen LogP contribution < -0.4 is 20.7 Å². The summed E-state index contributed by atoms with van der Waals surface area (Å²) in [5.41, 5.74) is 1.81. The molecule has 1 unspecified atom stereocenters. The molecule has 2 aromatic rings. The lowest BCUT2D eigenvalue weighted by Gasteiger charge is -2.18. The predicted molar refractivity (Wildman–Crippen MR) is 110 cm³/mol. The van der Waals surface area contributed by atoms with E-state index in [-0.39, 0.29) is 12.0 Å². The fourth-order valence-electron chi connectivity index (χ4n) is 2.40. The van der Waals surface area contributed by atoms with Crippen molar-refractivity contribution in [3.8, 4) is 5.75 Å². The Morgan fingerprint density at radius 1 is 1.19 bits per heavy atom. The molecule has 144 valence electrons. The summed E-state index contributed by atoms with van der Waals surface area (Å²) in [5, 5.41) is 9.94. The first-order valence-corrected chi connectivity index (χ1v) is 9.07. The molecule has 2 rings (SSSR count). The predicted octanol–water partition coefficient (Wildman–Crippen LogP) is 3.43. The number of nitrogens with one attached hydrogen (secondary N) is 3. The van der Waals surface area contributed by atoms with Crippen LogP contribution in [0.4, 0.5) is 5.69 Å². The van der Waals surface area contributed by atoms with E-state index in [4.69, 9.17) is 16.3 Å². The molecule has 0 radical (unpaired) electrons. The molecule has 7 heteroatoms. The van der Waals surface area contributed by atoms with Crippen molar-refractivity contribution in [2.24, 2.45) is 4.99 Å². The first-order valence-electron chi connectivity index (χ1n) is 8.69. The van der Waals surface area contributed by atoms with Crippen molar-refractivity contribution >= 4 is 29.2 Å². The van der Waals surface area contributed by atoms with Crippen molar-refractivity contribution in [1.82, 2.24) is 10.6 Å². The third kappa shape index (κ3) is 7.58. The van der Waals surface area contributed by atoms with Gasteiger partial charge < -0.3 is 20.7 Å². The van der Waals surface area contributed by atoms with Crippen molar-refractivity contribution in [3.05, 3.63) is 59.1 Å². The average Bonchev–Trinajstić information content (AvgIpc) is 2.63. The van der Waals surface area contributed by atoms with Crippen molar-refractivity contribution in [2.45, 2.75) is 26.5 Å². The second kappa shape index (κ2) is 10.4. The number of carbonyl (C=O) groups excluding carboxylic acids is 1. The maximum Gasteiger partial charge on any atom is 0.221 e. The minimum Gasteiger partial charge on any atom is -0.489 e. The summed E-state index contributed by atoms with van der Waals surface area (Å²) in [4.78, 5) is 15.4. The van der Waals surface area contributed by atoms with Crippen molar-refractivity contribution in [1.29, 1.82) is 0 Å². The number of rotatable bonds is 7. The highest BCUT2D eigenvalue weighted by atomic mass is 35.5. The summed E-state index contributed by atoms with van der Waals surface area (Å²) >= 11 is 5.88. The van der Waals surface area contributed by atoms with Crippen molar-refractivity contribution in [2.75, 3.05) is 18.9 Å². The third-order valence-electron chi connectivity index (χ3n) is 3.64. The van der Waals surface area contributed by atoms with E-state index in [1.807, 2.05) is 43.3 Å². The van der Waals surface area contributed by atoms with Gasteiger partial charge in [-0.3, -0.25) is 9.79 Å². The molecule has 0 aliphatic heterocycles. The molecular weight excluding hydrogens is 364 g/mol. The minimum atomic E-state index is -0.0905. The van der Waals surface area contributed by atoms with Gasteiger partial charge in [0.15, 0.2) is 5.96 Å². The highest BCUT2D eigenvalue weighted by Gasteiger charge is 2.06.